The molecule has 5 heteroatoms. The zero-order valence-corrected chi connectivity index (χ0v) is 10.8. The number of thiocarbonyl (C=S) groups is 1. The van der Waals surface area contributed by atoms with Crippen molar-refractivity contribution in [1.29, 1.82) is 0 Å². The van der Waals surface area contributed by atoms with Gasteiger partial charge >= 0.3 is 0 Å². The summed E-state index contributed by atoms with van der Waals surface area (Å²) in [6.07, 6.45) is 0.556. The molecule has 1 rings (SSSR count). The van der Waals surface area contributed by atoms with Gasteiger partial charge in [0.15, 0.2) is 0 Å². The van der Waals surface area contributed by atoms with E-state index in [1.807, 2.05) is 6.92 Å². The van der Waals surface area contributed by atoms with E-state index < -0.39 is 0 Å². The van der Waals surface area contributed by atoms with Crippen LogP contribution < -0.4 is 0 Å². The van der Waals surface area contributed by atoms with E-state index in [0.717, 1.165) is 16.6 Å². The molecular weight excluding hydrogens is 285 g/mol. The molecule has 60 valence electrons. The molecule has 0 aliphatic carbocycles. The predicted molar refractivity (Wildman–Crippen MR) is 52.8 cm³/mol. The molecule has 0 saturated carbocycles. The third-order valence-electron chi connectivity index (χ3n) is 1.36. The fourth-order valence-electron chi connectivity index (χ4n) is 0.811. The summed E-state index contributed by atoms with van der Waals surface area (Å²) in [5.41, 5.74) is 0. The van der Waals surface area contributed by atoms with E-state index in [1.54, 1.807) is 16.7 Å². The van der Waals surface area contributed by atoms with Crippen LogP contribution in [0.3, 0.4) is 0 Å². The number of hydrogen-bond acceptors (Lipinski definition) is 3. The second-order valence-corrected chi connectivity index (χ2v) is 3.74. The molecule has 1 saturated heterocycles. The van der Waals surface area contributed by atoms with Crippen LogP contribution >= 0.6 is 24.0 Å². The molecule has 2 nitrogen and oxygen atoms in total. The topological polar surface area (TPSA) is 20.3 Å². The summed E-state index contributed by atoms with van der Waals surface area (Å²) in [5, 5.41) is 0. The van der Waals surface area contributed by atoms with Crippen molar-refractivity contribution in [2.24, 2.45) is 0 Å². The van der Waals surface area contributed by atoms with Gasteiger partial charge < -0.3 is 0 Å². The monoisotopic (exact) mass is 295 g/mol. The number of nitrogens with zero attached hydrogens (tertiary/aromatic N) is 1. The standard InChI is InChI=1S/C6H9NOS2.Sn/c1-2-5(8)7-3-4-10-6(7)9;/h2-4H2,1H3;. The molecule has 0 aromatic rings. The number of carbonyl (C=O) groups excluding carboxylic acids is 1. The van der Waals surface area contributed by atoms with Crippen molar-refractivity contribution in [3.8, 4) is 0 Å². The van der Waals surface area contributed by atoms with Gasteiger partial charge in [-0.1, -0.05) is 30.9 Å². The van der Waals surface area contributed by atoms with Gasteiger partial charge in [-0.3, -0.25) is 9.69 Å². The zero-order valence-electron chi connectivity index (χ0n) is 6.29. The molecule has 11 heavy (non-hydrogen) atoms. The molecule has 4 radical (unpaired) electrons. The molecule has 0 bridgehead atoms. The molecular formula is C6H9NOS2Sn. The molecule has 0 spiro atoms. The van der Waals surface area contributed by atoms with Gasteiger partial charge in [-0.05, 0) is 0 Å². The van der Waals surface area contributed by atoms with Crippen molar-refractivity contribution in [2.45, 2.75) is 13.3 Å². The van der Waals surface area contributed by atoms with E-state index in [-0.39, 0.29) is 29.8 Å². The Morgan fingerprint density at radius 1 is 1.82 bits per heavy atom. The second-order valence-electron chi connectivity index (χ2n) is 2.01. The largest absolute Gasteiger partial charge is 0.297 e. The minimum atomic E-state index is 0. The molecule has 1 aliphatic heterocycles. The predicted octanol–water partition coefficient (Wildman–Crippen LogP) is 0.876. The summed E-state index contributed by atoms with van der Waals surface area (Å²) in [6, 6.07) is 0. The molecule has 0 N–H and O–H groups in total. The Balaban J connectivity index is 0.000001000. The summed E-state index contributed by atoms with van der Waals surface area (Å²) >= 11 is 6.54. The van der Waals surface area contributed by atoms with Crippen molar-refractivity contribution in [3.05, 3.63) is 0 Å². The number of thioether (sulfide) groups is 1. The Bertz CT molecular complexity index is 174. The molecule has 0 unspecified atom stereocenters. The smallest absolute Gasteiger partial charge is 0.227 e. The maximum absolute atomic E-state index is 11.0. The van der Waals surface area contributed by atoms with Crippen LogP contribution in [0.2, 0.25) is 0 Å². The minimum Gasteiger partial charge on any atom is -0.297 e. The van der Waals surface area contributed by atoms with Crippen LogP contribution in [-0.4, -0.2) is 51.3 Å². The molecule has 1 aliphatic rings. The van der Waals surface area contributed by atoms with Crippen molar-refractivity contribution < 1.29 is 4.79 Å². The van der Waals surface area contributed by atoms with Crippen LogP contribution in [0.1, 0.15) is 13.3 Å². The Kier molecular flexibility index (Phi) is 5.72. The normalized spacial score (nSPS) is 16.5. The first-order chi connectivity index (χ1) is 4.75. The van der Waals surface area contributed by atoms with Crippen LogP contribution in [0, 0.1) is 0 Å². The van der Waals surface area contributed by atoms with Crippen molar-refractivity contribution in [3.63, 3.8) is 0 Å². The summed E-state index contributed by atoms with van der Waals surface area (Å²) in [4.78, 5) is 12.7. The number of hydrogen-bond donors (Lipinski definition) is 0. The summed E-state index contributed by atoms with van der Waals surface area (Å²) in [6.45, 7) is 2.66. The van der Waals surface area contributed by atoms with Crippen LogP contribution in [-0.2, 0) is 4.79 Å². The van der Waals surface area contributed by atoms with Gasteiger partial charge in [-0.15, -0.1) is 0 Å². The zero-order chi connectivity index (χ0) is 7.56. The van der Waals surface area contributed by atoms with E-state index in [2.05, 4.69) is 0 Å². The maximum atomic E-state index is 11.0. The quantitative estimate of drug-likeness (QED) is 0.529. The Morgan fingerprint density at radius 3 is 2.82 bits per heavy atom. The second kappa shape index (κ2) is 5.37. The average molecular weight is 294 g/mol. The number of amides is 1. The Hall–Kier alpha value is 0.709. The van der Waals surface area contributed by atoms with E-state index in [1.165, 1.54) is 0 Å². The van der Waals surface area contributed by atoms with Gasteiger partial charge in [0.25, 0.3) is 0 Å². The van der Waals surface area contributed by atoms with Crippen molar-refractivity contribution in [1.82, 2.24) is 4.90 Å². The van der Waals surface area contributed by atoms with Gasteiger partial charge in [-0.25, -0.2) is 0 Å². The first kappa shape index (κ1) is 11.7. The molecule has 0 atom stereocenters. The van der Waals surface area contributed by atoms with Gasteiger partial charge in [0.05, 0.1) is 0 Å². The minimum absolute atomic E-state index is 0. The summed E-state index contributed by atoms with van der Waals surface area (Å²) in [5.74, 6) is 1.11. The van der Waals surface area contributed by atoms with E-state index >= 15 is 0 Å². The van der Waals surface area contributed by atoms with Gasteiger partial charge in [-0.2, -0.15) is 0 Å². The van der Waals surface area contributed by atoms with E-state index in [0.29, 0.717) is 6.42 Å². The average Bonchev–Trinajstić information content (AvgIpc) is 2.34. The molecule has 0 aromatic heterocycles. The summed E-state index contributed by atoms with van der Waals surface area (Å²) < 4.78 is 0.742. The third-order valence-corrected chi connectivity index (χ3v) is 2.79. The van der Waals surface area contributed by atoms with Crippen LogP contribution in [0.15, 0.2) is 0 Å². The Morgan fingerprint density at radius 2 is 2.45 bits per heavy atom. The SMILES string of the molecule is CCC(=O)N1CCSC1=S.[Sn]. The van der Waals surface area contributed by atoms with Gasteiger partial charge in [0.2, 0.25) is 5.91 Å². The van der Waals surface area contributed by atoms with Crippen molar-refractivity contribution >= 4 is 58.1 Å². The third kappa shape index (κ3) is 2.91. The van der Waals surface area contributed by atoms with Gasteiger partial charge in [0, 0.05) is 42.6 Å². The van der Waals surface area contributed by atoms with Crippen LogP contribution in [0.5, 0.6) is 0 Å². The fourth-order valence-corrected chi connectivity index (χ4v) is 2.05. The van der Waals surface area contributed by atoms with Crippen LogP contribution in [0.4, 0.5) is 0 Å². The molecule has 1 heterocycles. The number of carbonyl (C=O) groups is 1. The van der Waals surface area contributed by atoms with Crippen LogP contribution in [0.25, 0.3) is 0 Å². The molecule has 1 amide bonds. The maximum Gasteiger partial charge on any atom is 0.227 e. The summed E-state index contributed by atoms with van der Waals surface area (Å²) in [7, 11) is 0. The number of rotatable bonds is 1. The Labute approximate surface area is 93.0 Å². The van der Waals surface area contributed by atoms with E-state index in [9.17, 15) is 4.79 Å². The molecule has 0 aromatic carbocycles. The first-order valence-electron chi connectivity index (χ1n) is 3.23. The molecule has 1 fully saturated rings. The van der Waals surface area contributed by atoms with Gasteiger partial charge in [0.1, 0.15) is 4.32 Å². The first-order valence-corrected chi connectivity index (χ1v) is 4.62. The fraction of sp³-hybridized carbons (Fsp3) is 0.667. The van der Waals surface area contributed by atoms with Crippen molar-refractivity contribution in [2.75, 3.05) is 12.3 Å². The van der Waals surface area contributed by atoms with E-state index in [4.69, 9.17) is 12.2 Å².